The van der Waals surface area contributed by atoms with E-state index in [9.17, 15) is 13.2 Å². The van der Waals surface area contributed by atoms with E-state index in [-0.39, 0.29) is 24.1 Å². The van der Waals surface area contributed by atoms with E-state index < -0.39 is 10.0 Å². The Labute approximate surface area is 132 Å². The highest BCUT2D eigenvalue weighted by molar-refractivity contribution is 7.89. The van der Waals surface area contributed by atoms with E-state index in [0.717, 1.165) is 5.56 Å². The average molecular weight is 336 g/mol. The Kier molecular flexibility index (Phi) is 9.00. The molecule has 0 atom stereocenters. The van der Waals surface area contributed by atoms with Crippen LogP contribution in [0.15, 0.2) is 24.3 Å². The smallest absolute Gasteiger partial charge is 0.224 e. The monoisotopic (exact) mass is 335 g/mol. The molecule has 1 aromatic carbocycles. The second kappa shape index (κ2) is 9.59. The molecule has 0 aliphatic heterocycles. The Bertz CT molecular complexity index is 532. The van der Waals surface area contributed by atoms with Gasteiger partial charge in [0.15, 0.2) is 0 Å². The lowest BCUT2D eigenvalue weighted by Crippen LogP contribution is -2.31. The van der Waals surface area contributed by atoms with Crippen molar-refractivity contribution >= 4 is 34.0 Å². The van der Waals surface area contributed by atoms with Gasteiger partial charge in [-0.15, -0.1) is 12.4 Å². The van der Waals surface area contributed by atoms with Crippen LogP contribution in [-0.2, 0) is 21.2 Å². The fraction of sp³-hybridized carbons (Fsp3) is 0.462. The third-order valence-electron chi connectivity index (χ3n) is 2.72. The van der Waals surface area contributed by atoms with Crippen LogP contribution < -0.4 is 15.8 Å². The van der Waals surface area contributed by atoms with Crippen LogP contribution in [0.4, 0.5) is 5.69 Å². The fourth-order valence-corrected chi connectivity index (χ4v) is 2.19. The second-order valence-corrected chi connectivity index (χ2v) is 6.52. The Balaban J connectivity index is 0.00000400. The third-order valence-corrected chi connectivity index (χ3v) is 4.13. The molecule has 0 unspecified atom stereocenters. The molecule has 0 aliphatic rings. The zero-order chi connectivity index (χ0) is 15.0. The number of nitrogen functional groups attached to an aromatic ring is 1. The number of halogens is 1. The minimum Gasteiger partial charge on any atom is -0.399 e. The molecule has 21 heavy (non-hydrogen) atoms. The van der Waals surface area contributed by atoms with E-state index in [0.29, 0.717) is 31.6 Å². The molecule has 0 fully saturated rings. The normalized spacial score (nSPS) is 10.7. The molecule has 1 rings (SSSR count). The number of nitrogens with two attached hydrogens (primary N) is 1. The highest BCUT2D eigenvalue weighted by Gasteiger charge is 2.05. The first-order chi connectivity index (χ1) is 9.43. The number of carbonyl (C=O) groups is 1. The van der Waals surface area contributed by atoms with E-state index in [1.807, 2.05) is 12.1 Å². The first-order valence-corrected chi connectivity index (χ1v) is 8.16. The highest BCUT2D eigenvalue weighted by Crippen LogP contribution is 2.05. The number of sulfonamides is 1. The number of anilines is 1. The molecule has 0 spiro atoms. The zero-order valence-electron chi connectivity index (χ0n) is 12.0. The predicted octanol–water partition coefficient (Wildman–Crippen LogP) is 0.679. The van der Waals surface area contributed by atoms with E-state index in [2.05, 4.69) is 10.0 Å². The quantitative estimate of drug-likeness (QED) is 0.480. The molecule has 6 nitrogen and oxygen atoms in total. The van der Waals surface area contributed by atoms with Crippen LogP contribution in [0.5, 0.6) is 0 Å². The summed E-state index contributed by atoms with van der Waals surface area (Å²) in [6, 6.07) is 7.12. The molecule has 0 saturated carbocycles. The van der Waals surface area contributed by atoms with E-state index in [4.69, 9.17) is 5.73 Å². The van der Waals surface area contributed by atoms with Gasteiger partial charge in [0.05, 0.1) is 12.2 Å². The molecule has 4 N–H and O–H groups in total. The Morgan fingerprint density at radius 1 is 1.19 bits per heavy atom. The summed E-state index contributed by atoms with van der Waals surface area (Å²) in [5.74, 6) is -0.0237. The van der Waals surface area contributed by atoms with Gasteiger partial charge in [0, 0.05) is 18.8 Å². The maximum absolute atomic E-state index is 11.6. The number of carbonyl (C=O) groups excluding carboxylic acids is 1. The maximum atomic E-state index is 11.6. The number of hydrogen-bond donors (Lipinski definition) is 3. The Hall–Kier alpha value is -1.31. The van der Waals surface area contributed by atoms with Gasteiger partial charge >= 0.3 is 0 Å². The van der Waals surface area contributed by atoms with Crippen LogP contribution in [0.25, 0.3) is 0 Å². The minimum absolute atomic E-state index is 0. The van der Waals surface area contributed by atoms with E-state index >= 15 is 0 Å². The first-order valence-electron chi connectivity index (χ1n) is 6.51. The number of amides is 1. The van der Waals surface area contributed by atoms with Gasteiger partial charge in [-0.3, -0.25) is 4.79 Å². The second-order valence-electron chi connectivity index (χ2n) is 4.42. The first kappa shape index (κ1) is 19.7. The van der Waals surface area contributed by atoms with Crippen molar-refractivity contribution in [3.63, 3.8) is 0 Å². The van der Waals surface area contributed by atoms with Crippen LogP contribution in [0.3, 0.4) is 0 Å². The molecule has 0 heterocycles. The van der Waals surface area contributed by atoms with Gasteiger partial charge < -0.3 is 11.1 Å². The van der Waals surface area contributed by atoms with Gasteiger partial charge in [-0.25, -0.2) is 13.1 Å². The summed E-state index contributed by atoms with van der Waals surface area (Å²) >= 11 is 0. The van der Waals surface area contributed by atoms with Crippen molar-refractivity contribution in [1.82, 2.24) is 10.0 Å². The standard InChI is InChI=1S/C13H21N3O3S.ClH/c1-2-20(18,19)16-9-3-8-15-13(17)10-11-4-6-12(14)7-5-11;/h4-7,16H,2-3,8-10,14H2,1H3,(H,15,17);1H. The van der Waals surface area contributed by atoms with E-state index in [1.165, 1.54) is 0 Å². The molecule has 0 aliphatic carbocycles. The highest BCUT2D eigenvalue weighted by atomic mass is 35.5. The van der Waals surface area contributed by atoms with Crippen molar-refractivity contribution in [3.05, 3.63) is 29.8 Å². The summed E-state index contributed by atoms with van der Waals surface area (Å²) in [4.78, 5) is 11.6. The topological polar surface area (TPSA) is 101 Å². The molecule has 120 valence electrons. The van der Waals surface area contributed by atoms with Crippen LogP contribution in [0, 0.1) is 0 Å². The summed E-state index contributed by atoms with van der Waals surface area (Å²) in [5, 5.41) is 2.75. The largest absolute Gasteiger partial charge is 0.399 e. The molecular weight excluding hydrogens is 314 g/mol. The van der Waals surface area contributed by atoms with Crippen molar-refractivity contribution in [2.24, 2.45) is 0 Å². The number of rotatable bonds is 8. The van der Waals surface area contributed by atoms with Crippen molar-refractivity contribution in [3.8, 4) is 0 Å². The van der Waals surface area contributed by atoms with Crippen LogP contribution in [0.2, 0.25) is 0 Å². The molecule has 1 aromatic rings. The van der Waals surface area contributed by atoms with Gasteiger partial charge in [0.25, 0.3) is 0 Å². The van der Waals surface area contributed by atoms with E-state index in [1.54, 1.807) is 19.1 Å². The summed E-state index contributed by atoms with van der Waals surface area (Å²) in [6.45, 7) is 2.36. The number of benzene rings is 1. The molecule has 8 heteroatoms. The lowest BCUT2D eigenvalue weighted by Gasteiger charge is -2.06. The molecule has 0 bridgehead atoms. The summed E-state index contributed by atoms with van der Waals surface area (Å²) in [7, 11) is -3.15. The molecule has 1 amide bonds. The van der Waals surface area contributed by atoms with Crippen LogP contribution in [0.1, 0.15) is 18.9 Å². The van der Waals surface area contributed by atoms with Gasteiger partial charge in [0.2, 0.25) is 15.9 Å². The van der Waals surface area contributed by atoms with Gasteiger partial charge in [-0.1, -0.05) is 12.1 Å². The predicted molar refractivity (Wildman–Crippen MR) is 86.9 cm³/mol. The Morgan fingerprint density at radius 2 is 1.81 bits per heavy atom. The minimum atomic E-state index is -3.15. The van der Waals surface area contributed by atoms with Crippen molar-refractivity contribution < 1.29 is 13.2 Å². The summed E-state index contributed by atoms with van der Waals surface area (Å²) in [5.41, 5.74) is 7.12. The number of nitrogens with one attached hydrogen (secondary N) is 2. The lowest BCUT2D eigenvalue weighted by atomic mass is 10.1. The zero-order valence-corrected chi connectivity index (χ0v) is 13.6. The Morgan fingerprint density at radius 3 is 2.38 bits per heavy atom. The SMILES string of the molecule is CCS(=O)(=O)NCCCNC(=O)Cc1ccc(N)cc1.Cl. The van der Waals surface area contributed by atoms with Crippen molar-refractivity contribution in [2.75, 3.05) is 24.6 Å². The molecule has 0 saturated heterocycles. The van der Waals surface area contributed by atoms with Gasteiger partial charge in [-0.2, -0.15) is 0 Å². The van der Waals surface area contributed by atoms with Crippen LogP contribution in [-0.4, -0.2) is 33.2 Å². The van der Waals surface area contributed by atoms with Crippen LogP contribution >= 0.6 is 12.4 Å². The average Bonchev–Trinajstić information content (AvgIpc) is 2.41. The summed E-state index contributed by atoms with van der Waals surface area (Å²) in [6.07, 6.45) is 0.855. The summed E-state index contributed by atoms with van der Waals surface area (Å²) < 4.78 is 24.8. The van der Waals surface area contributed by atoms with Gasteiger partial charge in [-0.05, 0) is 31.0 Å². The maximum Gasteiger partial charge on any atom is 0.224 e. The van der Waals surface area contributed by atoms with Crippen molar-refractivity contribution in [2.45, 2.75) is 19.8 Å². The fourth-order valence-electron chi connectivity index (χ4n) is 1.53. The number of hydrogen-bond acceptors (Lipinski definition) is 4. The third kappa shape index (κ3) is 8.54. The van der Waals surface area contributed by atoms with Gasteiger partial charge in [0.1, 0.15) is 0 Å². The lowest BCUT2D eigenvalue weighted by molar-refractivity contribution is -0.120. The molecular formula is C13H22ClN3O3S. The molecule has 0 radical (unpaired) electrons. The van der Waals surface area contributed by atoms with Crippen molar-refractivity contribution in [1.29, 1.82) is 0 Å². The molecule has 0 aromatic heterocycles.